The highest BCUT2D eigenvalue weighted by Crippen LogP contribution is 2.34. The molecule has 1 aromatic carbocycles. The largest absolute Gasteiger partial charge is 0.479 e. The molecule has 0 radical (unpaired) electrons. The van der Waals surface area contributed by atoms with Crippen LogP contribution in [0.1, 0.15) is 48.2 Å². The minimum Gasteiger partial charge on any atom is -0.479 e. The molecule has 25 heavy (non-hydrogen) atoms. The standard InChI is InChI=1S/C19H23N3O3/c1-14-10-13-20-22(14)16-8-6-15(7-9-16)17(23)21(2)19(18(24)25)11-4-3-5-12-19/h6-10,13H,3-5,11-12H2,1-2H3,(H,24,25). The fourth-order valence-corrected chi connectivity index (χ4v) is 3.60. The van der Waals surface area contributed by atoms with Crippen molar-refractivity contribution in [2.45, 2.75) is 44.6 Å². The first-order valence-electron chi connectivity index (χ1n) is 8.58. The molecule has 1 N–H and O–H groups in total. The van der Waals surface area contributed by atoms with E-state index in [-0.39, 0.29) is 5.91 Å². The average Bonchev–Trinajstić information content (AvgIpc) is 3.07. The molecule has 1 aliphatic rings. The molecule has 0 aliphatic heterocycles. The Morgan fingerprint density at radius 3 is 2.28 bits per heavy atom. The lowest BCUT2D eigenvalue weighted by Gasteiger charge is -2.41. The van der Waals surface area contributed by atoms with Gasteiger partial charge in [0, 0.05) is 24.5 Å². The van der Waals surface area contributed by atoms with Gasteiger partial charge in [0.15, 0.2) is 0 Å². The van der Waals surface area contributed by atoms with Crippen LogP contribution in [0.25, 0.3) is 5.69 Å². The maximum atomic E-state index is 12.9. The molecule has 0 bridgehead atoms. The van der Waals surface area contributed by atoms with Crippen LogP contribution in [0.15, 0.2) is 36.5 Å². The molecule has 132 valence electrons. The summed E-state index contributed by atoms with van der Waals surface area (Å²) in [5.74, 6) is -1.17. The van der Waals surface area contributed by atoms with Gasteiger partial charge in [-0.15, -0.1) is 0 Å². The Bertz CT molecular complexity index is 773. The summed E-state index contributed by atoms with van der Waals surface area (Å²) in [6, 6.07) is 9.03. The molecule has 3 rings (SSSR count). The Morgan fingerprint density at radius 1 is 1.12 bits per heavy atom. The molecule has 0 spiro atoms. The van der Waals surface area contributed by atoms with E-state index in [1.54, 1.807) is 30.1 Å². The summed E-state index contributed by atoms with van der Waals surface area (Å²) in [6.45, 7) is 1.96. The monoisotopic (exact) mass is 341 g/mol. The van der Waals surface area contributed by atoms with Crippen LogP contribution in [-0.2, 0) is 4.79 Å². The van der Waals surface area contributed by atoms with Gasteiger partial charge in [0.05, 0.1) is 5.69 Å². The molecule has 1 heterocycles. The Balaban J connectivity index is 1.84. The zero-order valence-electron chi connectivity index (χ0n) is 14.6. The number of rotatable bonds is 4. The van der Waals surface area contributed by atoms with E-state index in [9.17, 15) is 14.7 Å². The predicted octanol–water partition coefficient (Wildman–Crippen LogP) is 3.04. The zero-order valence-corrected chi connectivity index (χ0v) is 14.6. The molecule has 1 aliphatic carbocycles. The minimum absolute atomic E-state index is 0.256. The second-order valence-corrected chi connectivity index (χ2v) is 6.69. The molecule has 0 saturated heterocycles. The maximum Gasteiger partial charge on any atom is 0.329 e. The normalized spacial score (nSPS) is 16.4. The second-order valence-electron chi connectivity index (χ2n) is 6.69. The molecule has 1 fully saturated rings. The number of benzene rings is 1. The van der Waals surface area contributed by atoms with Crippen LogP contribution >= 0.6 is 0 Å². The van der Waals surface area contributed by atoms with Crippen LogP contribution in [0.2, 0.25) is 0 Å². The van der Waals surface area contributed by atoms with Crippen molar-refractivity contribution in [3.63, 3.8) is 0 Å². The summed E-state index contributed by atoms with van der Waals surface area (Å²) < 4.78 is 1.79. The average molecular weight is 341 g/mol. The SMILES string of the molecule is Cc1ccnn1-c1ccc(C(=O)N(C)C2(C(=O)O)CCCCC2)cc1. The van der Waals surface area contributed by atoms with Crippen molar-refractivity contribution in [2.24, 2.45) is 0 Å². The third kappa shape index (κ3) is 3.04. The van der Waals surface area contributed by atoms with E-state index in [2.05, 4.69) is 5.10 Å². The highest BCUT2D eigenvalue weighted by Gasteiger charge is 2.45. The smallest absolute Gasteiger partial charge is 0.329 e. The van der Waals surface area contributed by atoms with Crippen molar-refractivity contribution < 1.29 is 14.7 Å². The number of likely N-dealkylation sites (N-methyl/N-ethyl adjacent to an activating group) is 1. The fourth-order valence-electron chi connectivity index (χ4n) is 3.60. The van der Waals surface area contributed by atoms with Crippen LogP contribution in [0.4, 0.5) is 0 Å². The third-order valence-corrected chi connectivity index (χ3v) is 5.22. The number of carbonyl (C=O) groups excluding carboxylic acids is 1. The second kappa shape index (κ2) is 6.70. The molecule has 6 heteroatoms. The third-order valence-electron chi connectivity index (χ3n) is 5.22. The first-order chi connectivity index (χ1) is 12.0. The number of amides is 1. The summed E-state index contributed by atoms with van der Waals surface area (Å²) >= 11 is 0. The number of carbonyl (C=O) groups is 2. The number of hydrogen-bond acceptors (Lipinski definition) is 3. The van der Waals surface area contributed by atoms with E-state index in [4.69, 9.17) is 0 Å². The molecular formula is C19H23N3O3. The van der Waals surface area contributed by atoms with Gasteiger partial charge in [-0.1, -0.05) is 19.3 Å². The van der Waals surface area contributed by atoms with Crippen molar-refractivity contribution in [1.82, 2.24) is 14.7 Å². The molecule has 0 unspecified atom stereocenters. The van der Waals surface area contributed by atoms with E-state index in [0.717, 1.165) is 30.6 Å². The van der Waals surface area contributed by atoms with Gasteiger partial charge in [-0.2, -0.15) is 5.10 Å². The Morgan fingerprint density at radius 2 is 1.76 bits per heavy atom. The quantitative estimate of drug-likeness (QED) is 0.927. The first-order valence-corrected chi connectivity index (χ1v) is 8.58. The van der Waals surface area contributed by atoms with E-state index in [0.29, 0.717) is 18.4 Å². The fraction of sp³-hybridized carbons (Fsp3) is 0.421. The molecule has 0 atom stereocenters. The van der Waals surface area contributed by atoms with E-state index >= 15 is 0 Å². The van der Waals surface area contributed by atoms with E-state index < -0.39 is 11.5 Å². The highest BCUT2D eigenvalue weighted by molar-refractivity contribution is 5.97. The number of carboxylic acids is 1. The minimum atomic E-state index is -1.09. The maximum absolute atomic E-state index is 12.9. The summed E-state index contributed by atoms with van der Waals surface area (Å²) in [4.78, 5) is 26.2. The van der Waals surface area contributed by atoms with Crippen LogP contribution in [-0.4, -0.2) is 44.3 Å². The predicted molar refractivity (Wildman–Crippen MR) is 93.8 cm³/mol. The number of hydrogen-bond donors (Lipinski definition) is 1. The van der Waals surface area contributed by atoms with Crippen LogP contribution in [0.3, 0.4) is 0 Å². The van der Waals surface area contributed by atoms with Crippen molar-refractivity contribution in [3.05, 3.63) is 47.8 Å². The van der Waals surface area contributed by atoms with Gasteiger partial charge < -0.3 is 10.0 Å². The van der Waals surface area contributed by atoms with Gasteiger partial charge in [-0.05, 0) is 50.1 Å². The molecule has 1 saturated carbocycles. The summed E-state index contributed by atoms with van der Waals surface area (Å²) in [6.07, 6.45) is 5.43. The van der Waals surface area contributed by atoms with Gasteiger partial charge >= 0.3 is 5.97 Å². The van der Waals surface area contributed by atoms with Crippen LogP contribution < -0.4 is 0 Å². The number of aliphatic carboxylic acids is 1. The molecule has 1 amide bonds. The molecular weight excluding hydrogens is 318 g/mol. The molecule has 1 aromatic heterocycles. The van der Waals surface area contributed by atoms with Crippen LogP contribution in [0, 0.1) is 6.92 Å². The number of aryl methyl sites for hydroxylation is 1. The number of aromatic nitrogens is 2. The van der Waals surface area contributed by atoms with Gasteiger partial charge in [-0.3, -0.25) is 4.79 Å². The highest BCUT2D eigenvalue weighted by atomic mass is 16.4. The van der Waals surface area contributed by atoms with Crippen molar-refractivity contribution in [3.8, 4) is 5.69 Å². The van der Waals surface area contributed by atoms with E-state index in [1.807, 2.05) is 25.1 Å². The Labute approximate surface area is 147 Å². The van der Waals surface area contributed by atoms with Gasteiger partial charge in [0.2, 0.25) is 0 Å². The van der Waals surface area contributed by atoms with Crippen molar-refractivity contribution in [2.75, 3.05) is 7.05 Å². The number of nitrogens with zero attached hydrogens (tertiary/aromatic N) is 3. The lowest BCUT2D eigenvalue weighted by atomic mass is 9.80. The van der Waals surface area contributed by atoms with E-state index in [1.165, 1.54) is 4.90 Å². The summed E-state index contributed by atoms with van der Waals surface area (Å²) in [7, 11) is 1.60. The van der Waals surface area contributed by atoms with Crippen LogP contribution in [0.5, 0.6) is 0 Å². The van der Waals surface area contributed by atoms with Crippen molar-refractivity contribution >= 4 is 11.9 Å². The van der Waals surface area contributed by atoms with Gasteiger partial charge in [-0.25, -0.2) is 9.48 Å². The lowest BCUT2D eigenvalue weighted by molar-refractivity contribution is -0.151. The van der Waals surface area contributed by atoms with Gasteiger partial charge in [0.25, 0.3) is 5.91 Å². The van der Waals surface area contributed by atoms with Crippen molar-refractivity contribution in [1.29, 1.82) is 0 Å². The Kier molecular flexibility index (Phi) is 4.61. The molecule has 6 nitrogen and oxygen atoms in total. The topological polar surface area (TPSA) is 75.4 Å². The number of carboxylic acid groups (broad SMARTS) is 1. The summed E-state index contributed by atoms with van der Waals surface area (Å²) in [5, 5.41) is 14.0. The Hall–Kier alpha value is -2.63. The molecule has 2 aromatic rings. The van der Waals surface area contributed by atoms with Gasteiger partial charge in [0.1, 0.15) is 5.54 Å². The lowest BCUT2D eigenvalue weighted by Crippen LogP contribution is -2.56. The summed E-state index contributed by atoms with van der Waals surface area (Å²) in [5.41, 5.74) is 1.27. The first kappa shape index (κ1) is 17.2. The zero-order chi connectivity index (χ0) is 18.0.